The Balaban J connectivity index is 1.61. The number of ether oxygens (including phenoxy) is 1. The summed E-state index contributed by atoms with van der Waals surface area (Å²) in [5, 5.41) is 6.42. The number of hydrogen-bond donors (Lipinski definition) is 1. The number of aromatic nitrogens is 3. The lowest BCUT2D eigenvalue weighted by atomic mass is 9.94. The van der Waals surface area contributed by atoms with E-state index in [0.717, 1.165) is 6.07 Å². The van der Waals surface area contributed by atoms with Gasteiger partial charge >= 0.3 is 5.97 Å². The van der Waals surface area contributed by atoms with Crippen molar-refractivity contribution in [2.45, 2.75) is 30.3 Å². The van der Waals surface area contributed by atoms with Gasteiger partial charge in [-0.2, -0.15) is 5.10 Å². The first-order chi connectivity index (χ1) is 17.7. The maximum atomic E-state index is 13.8. The van der Waals surface area contributed by atoms with E-state index >= 15 is 0 Å². The van der Waals surface area contributed by atoms with Crippen molar-refractivity contribution in [1.29, 1.82) is 0 Å². The number of thiazole rings is 1. The highest BCUT2D eigenvalue weighted by Crippen LogP contribution is 2.42. The number of aryl methyl sites for hydroxylation is 1. The van der Waals surface area contributed by atoms with Crippen molar-refractivity contribution >= 4 is 44.8 Å². The fourth-order valence-corrected chi connectivity index (χ4v) is 6.54. The molecule has 0 unspecified atom stereocenters. The van der Waals surface area contributed by atoms with Crippen LogP contribution < -0.4 is 4.72 Å². The van der Waals surface area contributed by atoms with Gasteiger partial charge in [0, 0.05) is 60.1 Å². The minimum Gasteiger partial charge on any atom is -0.463 e. The molecule has 2 aliphatic rings. The van der Waals surface area contributed by atoms with Gasteiger partial charge in [-0.25, -0.2) is 27.3 Å². The molecule has 0 saturated carbocycles. The number of rotatable bonds is 7. The second kappa shape index (κ2) is 9.97. The van der Waals surface area contributed by atoms with Gasteiger partial charge < -0.3 is 9.64 Å². The third-order valence-electron chi connectivity index (χ3n) is 5.95. The number of nitrogens with one attached hydrogen (secondary N) is 1. The van der Waals surface area contributed by atoms with Gasteiger partial charge in [0.2, 0.25) is 10.0 Å². The van der Waals surface area contributed by atoms with Crippen molar-refractivity contribution in [1.82, 2.24) is 24.4 Å². The molecule has 0 bridgehead atoms. The number of nitrogens with zero attached hydrogens (tertiary/aromatic N) is 5. The smallest absolute Gasteiger partial charge is 0.338 e. The number of aliphatic imine (C=N–C) groups is 1. The van der Waals surface area contributed by atoms with Crippen LogP contribution >= 0.6 is 22.9 Å². The summed E-state index contributed by atoms with van der Waals surface area (Å²) in [4.78, 5) is 24.3. The average molecular weight is 565 g/mol. The van der Waals surface area contributed by atoms with E-state index in [-0.39, 0.29) is 35.1 Å². The number of carbonyl (C=O) groups excluding carboxylic acids is 1. The highest BCUT2D eigenvalue weighted by atomic mass is 35.5. The predicted molar refractivity (Wildman–Crippen MR) is 135 cm³/mol. The van der Waals surface area contributed by atoms with Crippen LogP contribution in [0, 0.1) is 5.82 Å². The maximum Gasteiger partial charge on any atom is 0.338 e. The molecule has 1 fully saturated rings. The zero-order valence-corrected chi connectivity index (χ0v) is 22.1. The number of sulfonamides is 1. The first kappa shape index (κ1) is 25.5. The van der Waals surface area contributed by atoms with Gasteiger partial charge in [0.1, 0.15) is 16.8 Å². The molecular weight excluding hydrogens is 543 g/mol. The van der Waals surface area contributed by atoms with Crippen molar-refractivity contribution in [3.63, 3.8) is 0 Å². The van der Waals surface area contributed by atoms with E-state index in [9.17, 15) is 17.6 Å². The molecule has 5 rings (SSSR count). The number of benzene rings is 1. The standard InChI is InChI=1S/C23H22ClFN6O4S2/c1-3-35-23(32)19-18-9-14(29-37(33,34)15-10-27-30(2)12-15)11-31(18)21(22-26-6-7-36-22)28-20(19)16-5-4-13(25)8-17(16)24/h4-8,10,12,14,20,29H,3,9,11H2,1-2H3/t14-,20-/m0/s1. The largest absolute Gasteiger partial charge is 0.463 e. The molecule has 0 radical (unpaired) electrons. The number of carbonyl (C=O) groups is 1. The van der Waals surface area contributed by atoms with Crippen LogP contribution in [0.25, 0.3) is 0 Å². The molecular formula is C23H22ClFN6O4S2. The highest BCUT2D eigenvalue weighted by molar-refractivity contribution is 7.89. The normalized spacial score (nSPS) is 19.7. The van der Waals surface area contributed by atoms with Crippen LogP contribution in [0.4, 0.5) is 4.39 Å². The second-order valence-corrected chi connectivity index (χ2v) is 11.4. The van der Waals surface area contributed by atoms with Gasteiger partial charge in [0.25, 0.3) is 0 Å². The van der Waals surface area contributed by atoms with Crippen molar-refractivity contribution < 1.29 is 22.3 Å². The Morgan fingerprint density at radius 1 is 1.38 bits per heavy atom. The Kier molecular flexibility index (Phi) is 6.88. The summed E-state index contributed by atoms with van der Waals surface area (Å²) in [6, 6.07) is 2.41. The Bertz CT molecular complexity index is 1520. The molecule has 0 amide bonds. The molecule has 1 saturated heterocycles. The second-order valence-electron chi connectivity index (χ2n) is 8.42. The molecule has 3 aromatic rings. The molecule has 1 aromatic carbocycles. The predicted octanol–water partition coefficient (Wildman–Crippen LogP) is 3.04. The summed E-state index contributed by atoms with van der Waals surface area (Å²) in [6.07, 6.45) is 4.49. The zero-order chi connectivity index (χ0) is 26.3. The molecule has 1 N–H and O–H groups in total. The van der Waals surface area contributed by atoms with Gasteiger partial charge in [0.15, 0.2) is 10.8 Å². The van der Waals surface area contributed by atoms with Crippen LogP contribution in [-0.2, 0) is 26.6 Å². The van der Waals surface area contributed by atoms with E-state index < -0.39 is 33.9 Å². The molecule has 4 heterocycles. The first-order valence-electron chi connectivity index (χ1n) is 11.3. The summed E-state index contributed by atoms with van der Waals surface area (Å²) < 4.78 is 49.4. The fraction of sp³-hybridized carbons (Fsp3) is 0.304. The van der Waals surface area contributed by atoms with Crippen LogP contribution in [0.3, 0.4) is 0 Å². The van der Waals surface area contributed by atoms with Crippen molar-refractivity contribution in [3.8, 4) is 0 Å². The molecule has 0 spiro atoms. The fourth-order valence-electron chi connectivity index (χ4n) is 4.42. The monoisotopic (exact) mass is 564 g/mol. The minimum absolute atomic E-state index is 0.0317. The lowest BCUT2D eigenvalue weighted by Crippen LogP contribution is -2.39. The van der Waals surface area contributed by atoms with Gasteiger partial charge in [-0.05, 0) is 19.1 Å². The van der Waals surface area contributed by atoms with Crippen LogP contribution in [0.15, 0.2) is 63.3 Å². The van der Waals surface area contributed by atoms with E-state index in [4.69, 9.17) is 21.3 Å². The summed E-state index contributed by atoms with van der Waals surface area (Å²) in [5.41, 5.74) is 1.19. The lowest BCUT2D eigenvalue weighted by molar-refractivity contribution is -0.139. The number of amidine groups is 1. The molecule has 14 heteroatoms. The summed E-state index contributed by atoms with van der Waals surface area (Å²) >= 11 is 7.75. The maximum absolute atomic E-state index is 13.8. The van der Waals surface area contributed by atoms with E-state index in [1.165, 1.54) is 40.5 Å². The number of halogens is 2. The molecule has 194 valence electrons. The third-order valence-corrected chi connectivity index (χ3v) is 8.52. The van der Waals surface area contributed by atoms with Crippen molar-refractivity contribution in [3.05, 3.63) is 74.9 Å². The van der Waals surface area contributed by atoms with E-state index in [1.807, 2.05) is 0 Å². The average Bonchev–Trinajstić information content (AvgIpc) is 3.59. The van der Waals surface area contributed by atoms with E-state index in [0.29, 0.717) is 22.1 Å². The lowest BCUT2D eigenvalue weighted by Gasteiger charge is -2.31. The van der Waals surface area contributed by atoms with Gasteiger partial charge in [-0.1, -0.05) is 17.7 Å². The summed E-state index contributed by atoms with van der Waals surface area (Å²) in [5.74, 6) is -0.663. The topological polar surface area (TPSA) is 119 Å². The molecule has 2 aromatic heterocycles. The highest BCUT2D eigenvalue weighted by Gasteiger charge is 2.43. The molecule has 2 aliphatic heterocycles. The molecule has 10 nitrogen and oxygen atoms in total. The van der Waals surface area contributed by atoms with Crippen LogP contribution in [0.2, 0.25) is 5.02 Å². The van der Waals surface area contributed by atoms with Gasteiger partial charge in [0.05, 0.1) is 18.4 Å². The van der Waals surface area contributed by atoms with Crippen LogP contribution in [-0.4, -0.2) is 59.1 Å². The molecule has 37 heavy (non-hydrogen) atoms. The number of esters is 1. The third kappa shape index (κ3) is 4.91. The van der Waals surface area contributed by atoms with Gasteiger partial charge in [-0.15, -0.1) is 11.3 Å². The van der Waals surface area contributed by atoms with Crippen molar-refractivity contribution in [2.24, 2.45) is 12.0 Å². The minimum atomic E-state index is -3.88. The Morgan fingerprint density at radius 2 is 2.19 bits per heavy atom. The van der Waals surface area contributed by atoms with Crippen LogP contribution in [0.5, 0.6) is 0 Å². The van der Waals surface area contributed by atoms with Crippen molar-refractivity contribution in [2.75, 3.05) is 13.2 Å². The molecule has 0 aliphatic carbocycles. The Morgan fingerprint density at radius 3 is 2.84 bits per heavy atom. The number of hydrogen-bond acceptors (Lipinski definition) is 9. The van der Waals surface area contributed by atoms with Crippen LogP contribution in [0.1, 0.15) is 30.0 Å². The summed E-state index contributed by atoms with van der Waals surface area (Å²) in [6.45, 7) is 2.02. The SMILES string of the molecule is CCOC(=O)C1=C2C[C@H](NS(=O)(=O)c3cnn(C)c3)CN2C(c2nccs2)=N[C@H]1c1ccc(F)cc1Cl. The summed E-state index contributed by atoms with van der Waals surface area (Å²) in [7, 11) is -2.25. The first-order valence-corrected chi connectivity index (χ1v) is 14.0. The number of fused-ring (bicyclic) bond motifs is 1. The Hall–Kier alpha value is -3.13. The quantitative estimate of drug-likeness (QED) is 0.438. The zero-order valence-electron chi connectivity index (χ0n) is 19.8. The van der Waals surface area contributed by atoms with E-state index in [2.05, 4.69) is 14.8 Å². The Labute approximate surface area is 221 Å². The molecule has 2 atom stereocenters. The van der Waals surface area contributed by atoms with E-state index in [1.54, 1.807) is 30.4 Å². The van der Waals surface area contributed by atoms with Gasteiger partial charge in [-0.3, -0.25) is 9.67 Å².